The van der Waals surface area contributed by atoms with Gasteiger partial charge in [0.15, 0.2) is 5.69 Å². The second kappa shape index (κ2) is 7.53. The molecule has 1 atom stereocenters. The molecular formula is C19H18N6O2S2. The molecule has 8 nitrogen and oxygen atoms in total. The molecule has 0 radical (unpaired) electrons. The minimum absolute atomic E-state index is 0.122. The van der Waals surface area contributed by atoms with Gasteiger partial charge in [0.05, 0.1) is 24.5 Å². The van der Waals surface area contributed by atoms with Crippen molar-refractivity contribution in [2.75, 3.05) is 18.1 Å². The highest BCUT2D eigenvalue weighted by atomic mass is 32.1. The van der Waals surface area contributed by atoms with Gasteiger partial charge in [0, 0.05) is 29.9 Å². The largest absolute Gasteiger partial charge is 0.461 e. The zero-order valence-corrected chi connectivity index (χ0v) is 17.3. The van der Waals surface area contributed by atoms with Crippen LogP contribution in [0.15, 0.2) is 36.1 Å². The van der Waals surface area contributed by atoms with E-state index in [0.29, 0.717) is 12.3 Å². The van der Waals surface area contributed by atoms with Gasteiger partial charge in [0.25, 0.3) is 0 Å². The minimum Gasteiger partial charge on any atom is -0.461 e. The van der Waals surface area contributed by atoms with Gasteiger partial charge in [-0.1, -0.05) is 11.3 Å². The van der Waals surface area contributed by atoms with E-state index in [2.05, 4.69) is 14.9 Å². The SMILES string of the molecule is CCOC(=O)c1csc(C2CCCN2c2nn3cc(-c4cccnc4)nc3s2)n1. The molecule has 1 unspecified atom stereocenters. The number of anilines is 1. The fraction of sp³-hybridized carbons (Fsp3) is 0.316. The van der Waals surface area contributed by atoms with E-state index in [-0.39, 0.29) is 12.0 Å². The summed E-state index contributed by atoms with van der Waals surface area (Å²) >= 11 is 3.06. The third-order valence-corrected chi connectivity index (χ3v) is 6.69. The van der Waals surface area contributed by atoms with Crippen LogP contribution in [0.3, 0.4) is 0 Å². The summed E-state index contributed by atoms with van der Waals surface area (Å²) in [6, 6.07) is 4.01. The molecule has 10 heteroatoms. The van der Waals surface area contributed by atoms with Crippen LogP contribution in [0.5, 0.6) is 0 Å². The standard InChI is InChI=1S/C19H18N6O2S2/c1-2-27-17(26)14-11-28-16(21-14)15-6-4-8-24(15)19-23-25-10-13(22-18(25)29-19)12-5-3-7-20-9-12/h3,5,7,9-11,15H,2,4,6,8H2,1H3. The normalized spacial score (nSPS) is 16.6. The summed E-state index contributed by atoms with van der Waals surface area (Å²) in [5.41, 5.74) is 2.22. The lowest BCUT2D eigenvalue weighted by molar-refractivity contribution is 0.0520. The number of aromatic nitrogens is 5. The quantitative estimate of drug-likeness (QED) is 0.448. The maximum atomic E-state index is 11.9. The average molecular weight is 427 g/mol. The first-order chi connectivity index (χ1) is 14.2. The first-order valence-corrected chi connectivity index (χ1v) is 11.1. The summed E-state index contributed by atoms with van der Waals surface area (Å²) in [7, 11) is 0. The molecule has 0 amide bonds. The molecule has 1 aliphatic rings. The van der Waals surface area contributed by atoms with E-state index in [1.165, 1.54) is 11.3 Å². The van der Waals surface area contributed by atoms with Crippen molar-refractivity contribution in [2.24, 2.45) is 0 Å². The number of fused-ring (bicyclic) bond motifs is 1. The molecule has 0 saturated carbocycles. The predicted molar refractivity (Wildman–Crippen MR) is 111 cm³/mol. The topological polar surface area (TPSA) is 85.5 Å². The third-order valence-electron chi connectivity index (χ3n) is 4.78. The highest BCUT2D eigenvalue weighted by molar-refractivity contribution is 7.20. The number of carbonyl (C=O) groups is 1. The van der Waals surface area contributed by atoms with Crippen molar-refractivity contribution >= 4 is 38.7 Å². The lowest BCUT2D eigenvalue weighted by atomic mass is 10.2. The average Bonchev–Trinajstić information content (AvgIpc) is 3.50. The number of pyridine rings is 1. The molecule has 1 fully saturated rings. The van der Waals surface area contributed by atoms with Crippen LogP contribution in [0, 0.1) is 0 Å². The molecule has 0 aromatic carbocycles. The molecule has 29 heavy (non-hydrogen) atoms. The van der Waals surface area contributed by atoms with Crippen molar-refractivity contribution in [3.8, 4) is 11.3 Å². The van der Waals surface area contributed by atoms with Gasteiger partial charge in [0.2, 0.25) is 10.1 Å². The van der Waals surface area contributed by atoms with Gasteiger partial charge >= 0.3 is 5.97 Å². The smallest absolute Gasteiger partial charge is 0.357 e. The maximum Gasteiger partial charge on any atom is 0.357 e. The summed E-state index contributed by atoms with van der Waals surface area (Å²) in [5.74, 6) is -0.366. The maximum absolute atomic E-state index is 11.9. The molecule has 1 saturated heterocycles. The van der Waals surface area contributed by atoms with Crippen LogP contribution in [0.1, 0.15) is 41.3 Å². The molecule has 0 bridgehead atoms. The van der Waals surface area contributed by atoms with E-state index in [1.54, 1.807) is 36.0 Å². The van der Waals surface area contributed by atoms with E-state index in [9.17, 15) is 4.79 Å². The van der Waals surface area contributed by atoms with Gasteiger partial charge in [-0.15, -0.1) is 16.4 Å². The second-order valence-corrected chi connectivity index (χ2v) is 8.45. The van der Waals surface area contributed by atoms with Crippen molar-refractivity contribution in [1.29, 1.82) is 0 Å². The molecule has 5 heterocycles. The Kier molecular flexibility index (Phi) is 4.72. The molecule has 1 aliphatic heterocycles. The molecular weight excluding hydrogens is 408 g/mol. The molecule has 0 spiro atoms. The number of nitrogens with zero attached hydrogens (tertiary/aromatic N) is 6. The van der Waals surface area contributed by atoms with Gasteiger partial charge in [-0.2, -0.15) is 0 Å². The second-order valence-electron chi connectivity index (χ2n) is 6.62. The van der Waals surface area contributed by atoms with E-state index in [4.69, 9.17) is 14.8 Å². The Balaban J connectivity index is 1.40. The number of carbonyl (C=O) groups excluding carboxylic acids is 1. The van der Waals surface area contributed by atoms with Crippen LogP contribution >= 0.6 is 22.7 Å². The molecule has 0 N–H and O–H groups in total. The summed E-state index contributed by atoms with van der Waals surface area (Å²) in [6.07, 6.45) is 7.52. The van der Waals surface area contributed by atoms with Crippen molar-refractivity contribution in [3.63, 3.8) is 0 Å². The number of hydrogen-bond donors (Lipinski definition) is 0. The zero-order valence-electron chi connectivity index (χ0n) is 15.7. The van der Waals surface area contributed by atoms with E-state index in [0.717, 1.165) is 45.7 Å². The molecule has 0 aliphatic carbocycles. The highest BCUT2D eigenvalue weighted by Gasteiger charge is 2.32. The van der Waals surface area contributed by atoms with Crippen molar-refractivity contribution < 1.29 is 9.53 Å². The fourth-order valence-electron chi connectivity index (χ4n) is 3.45. The van der Waals surface area contributed by atoms with Gasteiger partial charge in [-0.3, -0.25) is 4.98 Å². The van der Waals surface area contributed by atoms with Crippen LogP contribution in [-0.4, -0.2) is 43.7 Å². The number of rotatable bonds is 5. The lowest BCUT2D eigenvalue weighted by Gasteiger charge is -2.21. The van der Waals surface area contributed by atoms with Gasteiger partial charge in [-0.25, -0.2) is 19.3 Å². The van der Waals surface area contributed by atoms with Gasteiger partial charge < -0.3 is 9.64 Å². The Bertz CT molecular complexity index is 1120. The molecule has 4 aromatic rings. The Hall–Kier alpha value is -2.85. The van der Waals surface area contributed by atoms with Crippen molar-refractivity contribution in [2.45, 2.75) is 25.8 Å². The highest BCUT2D eigenvalue weighted by Crippen LogP contribution is 2.39. The Morgan fingerprint density at radius 2 is 2.31 bits per heavy atom. The van der Waals surface area contributed by atoms with Gasteiger partial charge in [-0.05, 0) is 31.9 Å². The predicted octanol–water partition coefficient (Wildman–Crippen LogP) is 3.83. The fourth-order valence-corrected chi connectivity index (χ4v) is 5.34. The van der Waals surface area contributed by atoms with Crippen molar-refractivity contribution in [1.82, 2.24) is 24.6 Å². The molecule has 5 rings (SSSR count). The van der Waals surface area contributed by atoms with E-state index < -0.39 is 0 Å². The van der Waals surface area contributed by atoms with Crippen LogP contribution in [-0.2, 0) is 4.74 Å². The first-order valence-electron chi connectivity index (χ1n) is 9.38. The monoisotopic (exact) mass is 426 g/mol. The number of thiazole rings is 1. The van der Waals surface area contributed by atoms with Crippen molar-refractivity contribution in [3.05, 3.63) is 46.8 Å². The molecule has 4 aromatic heterocycles. The Morgan fingerprint density at radius 1 is 1.38 bits per heavy atom. The lowest BCUT2D eigenvalue weighted by Crippen LogP contribution is -2.22. The summed E-state index contributed by atoms with van der Waals surface area (Å²) < 4.78 is 6.88. The van der Waals surface area contributed by atoms with Crippen LogP contribution < -0.4 is 4.90 Å². The molecule has 148 valence electrons. The van der Waals surface area contributed by atoms with Crippen LogP contribution in [0.4, 0.5) is 5.13 Å². The van der Waals surface area contributed by atoms with Crippen LogP contribution in [0.25, 0.3) is 16.2 Å². The zero-order chi connectivity index (χ0) is 19.8. The number of esters is 1. The summed E-state index contributed by atoms with van der Waals surface area (Å²) in [4.78, 5) is 28.4. The number of ether oxygens (including phenoxy) is 1. The number of imidazole rings is 1. The van der Waals surface area contributed by atoms with E-state index in [1.807, 2.05) is 22.8 Å². The minimum atomic E-state index is -0.366. The Morgan fingerprint density at radius 3 is 3.10 bits per heavy atom. The Labute approximate surface area is 174 Å². The van der Waals surface area contributed by atoms with E-state index >= 15 is 0 Å². The summed E-state index contributed by atoms with van der Waals surface area (Å²) in [6.45, 7) is 3.05. The summed E-state index contributed by atoms with van der Waals surface area (Å²) in [5, 5.41) is 8.37. The van der Waals surface area contributed by atoms with Crippen LogP contribution in [0.2, 0.25) is 0 Å². The van der Waals surface area contributed by atoms with Gasteiger partial charge in [0.1, 0.15) is 5.01 Å². The number of hydrogen-bond acceptors (Lipinski definition) is 9. The first kappa shape index (κ1) is 18.2. The third kappa shape index (κ3) is 3.38.